The van der Waals surface area contributed by atoms with E-state index in [9.17, 15) is 22.8 Å². The molecule has 0 saturated carbocycles. The maximum absolute atomic E-state index is 12.3. The smallest absolute Gasteiger partial charge is 0.342 e. The zero-order valence-corrected chi connectivity index (χ0v) is 22.8. The Morgan fingerprint density at radius 1 is 1.16 bits per heavy atom. The Bertz CT molecular complexity index is 1160. The summed E-state index contributed by atoms with van der Waals surface area (Å²) >= 11 is 0. The van der Waals surface area contributed by atoms with Crippen molar-refractivity contribution in [2.24, 2.45) is 0 Å². The maximum Gasteiger partial charge on any atom is 0.416 e. The summed E-state index contributed by atoms with van der Waals surface area (Å²) in [6.07, 6.45) is -3.49. The van der Waals surface area contributed by atoms with Crippen molar-refractivity contribution >= 4 is 25.9 Å². The molecule has 0 aromatic heterocycles. The molecular weight excluding hydrogens is 500 g/mol. The predicted molar refractivity (Wildman–Crippen MR) is 141 cm³/mol. The van der Waals surface area contributed by atoms with Gasteiger partial charge in [-0.25, -0.2) is 0 Å². The van der Waals surface area contributed by atoms with Crippen LogP contribution in [0.1, 0.15) is 56.0 Å². The number of rotatable bonds is 8. The number of aryl methyl sites for hydroxylation is 1. The van der Waals surface area contributed by atoms with Gasteiger partial charge in [0.25, 0.3) is 0 Å². The Morgan fingerprint density at radius 3 is 2.16 bits per heavy atom. The van der Waals surface area contributed by atoms with E-state index in [0.29, 0.717) is 17.7 Å². The third-order valence-electron chi connectivity index (χ3n) is 5.21. The van der Waals surface area contributed by atoms with E-state index in [0.717, 1.165) is 48.8 Å². The molecule has 0 aliphatic carbocycles. The number of carbonyl (C=O) groups excluding carboxylic acids is 2. The van der Waals surface area contributed by atoms with Gasteiger partial charge < -0.3 is 14.4 Å². The number of hydrogen-bond donors (Lipinski definition) is 0. The average Bonchev–Trinajstić information content (AvgIpc) is 2.85. The SMILES string of the molecule is CCOC(=PC)C(=C(C)C)C(c1ccc(C#N)cc1)N(CC=O)C(C)=O.Cc1cccc(C(F)(F)F)c1. The van der Waals surface area contributed by atoms with Gasteiger partial charge in [0, 0.05) is 12.5 Å². The number of nitrogens with zero attached hydrogens (tertiary/aromatic N) is 2. The first-order valence-electron chi connectivity index (χ1n) is 11.5. The summed E-state index contributed by atoms with van der Waals surface area (Å²) in [7, 11) is 0.939. The second-order valence-corrected chi connectivity index (χ2v) is 9.07. The van der Waals surface area contributed by atoms with Gasteiger partial charge in [0.15, 0.2) is 0 Å². The minimum Gasteiger partial charge on any atom is -0.342 e. The highest BCUT2D eigenvalue weighted by atomic mass is 31.1. The van der Waals surface area contributed by atoms with Gasteiger partial charge >= 0.3 is 6.18 Å². The van der Waals surface area contributed by atoms with Gasteiger partial charge in [0.05, 0.1) is 36.4 Å². The van der Waals surface area contributed by atoms with Crippen molar-refractivity contribution in [1.29, 1.82) is 5.26 Å². The zero-order chi connectivity index (χ0) is 28.2. The third kappa shape index (κ3) is 9.60. The molecule has 0 heterocycles. The van der Waals surface area contributed by atoms with Crippen molar-refractivity contribution in [2.75, 3.05) is 19.8 Å². The molecular formula is C28H32F3N2O3P. The van der Waals surface area contributed by atoms with E-state index in [1.807, 2.05) is 39.6 Å². The molecule has 0 saturated heterocycles. The fourth-order valence-corrected chi connectivity index (χ4v) is 4.41. The van der Waals surface area contributed by atoms with Gasteiger partial charge in [-0.3, -0.25) is 4.79 Å². The molecule has 198 valence electrons. The Morgan fingerprint density at radius 2 is 1.78 bits per heavy atom. The minimum absolute atomic E-state index is 0.0171. The first-order chi connectivity index (χ1) is 17.4. The summed E-state index contributed by atoms with van der Waals surface area (Å²) in [6, 6.07) is 13.9. The number of amides is 1. The van der Waals surface area contributed by atoms with Gasteiger partial charge in [0.1, 0.15) is 11.8 Å². The first kappa shape index (κ1) is 31.8. The maximum atomic E-state index is 12.3. The van der Waals surface area contributed by atoms with Crippen LogP contribution in [0.4, 0.5) is 13.2 Å². The fourth-order valence-electron chi connectivity index (χ4n) is 3.56. The lowest BCUT2D eigenvalue weighted by atomic mass is 9.93. The van der Waals surface area contributed by atoms with Crippen molar-refractivity contribution in [3.05, 3.63) is 81.9 Å². The topological polar surface area (TPSA) is 70.4 Å². The third-order valence-corrected chi connectivity index (χ3v) is 5.99. The Hall–Kier alpha value is -3.27. The number of halogens is 3. The van der Waals surface area contributed by atoms with Gasteiger partial charge in [-0.1, -0.05) is 49.7 Å². The molecule has 1 amide bonds. The number of aldehydes is 1. The molecule has 0 spiro atoms. The summed E-state index contributed by atoms with van der Waals surface area (Å²) in [5.41, 5.74) is 4.08. The van der Waals surface area contributed by atoms with Crippen molar-refractivity contribution in [1.82, 2.24) is 4.90 Å². The first-order valence-corrected chi connectivity index (χ1v) is 12.9. The van der Waals surface area contributed by atoms with E-state index in [2.05, 4.69) is 6.07 Å². The lowest BCUT2D eigenvalue weighted by Crippen LogP contribution is -2.37. The van der Waals surface area contributed by atoms with Crippen LogP contribution in [0.3, 0.4) is 0 Å². The minimum atomic E-state index is -4.22. The van der Waals surface area contributed by atoms with Crippen LogP contribution in [0.2, 0.25) is 0 Å². The summed E-state index contributed by atoms with van der Waals surface area (Å²) < 4.78 is 41.7. The van der Waals surface area contributed by atoms with Crippen LogP contribution in [-0.2, 0) is 20.5 Å². The molecule has 0 bridgehead atoms. The number of carbonyl (C=O) groups is 2. The number of benzene rings is 2. The van der Waals surface area contributed by atoms with Crippen LogP contribution in [0.15, 0.2) is 59.7 Å². The number of nitriles is 1. The van der Waals surface area contributed by atoms with Crippen molar-refractivity contribution in [3.63, 3.8) is 0 Å². The average molecular weight is 533 g/mol. The molecule has 2 aromatic carbocycles. The molecule has 2 aromatic rings. The van der Waals surface area contributed by atoms with Gasteiger partial charge in [-0.05, 0) is 58.1 Å². The molecule has 0 radical (unpaired) electrons. The van der Waals surface area contributed by atoms with E-state index in [-0.39, 0.29) is 12.5 Å². The summed E-state index contributed by atoms with van der Waals surface area (Å²) in [4.78, 5) is 25.1. The quantitative estimate of drug-likeness (QED) is 0.279. The van der Waals surface area contributed by atoms with Crippen LogP contribution in [0.25, 0.3) is 0 Å². The summed E-state index contributed by atoms with van der Waals surface area (Å²) in [5.74, 6) is -0.200. The second kappa shape index (κ2) is 15.1. The van der Waals surface area contributed by atoms with Gasteiger partial charge in [-0.2, -0.15) is 18.4 Å². The molecule has 1 unspecified atom stereocenters. The molecule has 0 N–H and O–H groups in total. The van der Waals surface area contributed by atoms with Crippen LogP contribution in [-0.4, -0.2) is 42.4 Å². The molecule has 0 fully saturated rings. The normalized spacial score (nSPS) is 11.9. The van der Waals surface area contributed by atoms with E-state index < -0.39 is 17.8 Å². The number of alkyl halides is 3. The second-order valence-electron chi connectivity index (χ2n) is 8.22. The van der Waals surface area contributed by atoms with Gasteiger partial charge in [-0.15, -0.1) is 0 Å². The van der Waals surface area contributed by atoms with E-state index in [1.165, 1.54) is 17.9 Å². The Balaban J connectivity index is 0.000000516. The highest BCUT2D eigenvalue weighted by molar-refractivity contribution is 7.39. The van der Waals surface area contributed by atoms with Crippen LogP contribution < -0.4 is 0 Å². The molecule has 1 atom stereocenters. The van der Waals surface area contributed by atoms with Crippen molar-refractivity contribution in [3.8, 4) is 6.07 Å². The van der Waals surface area contributed by atoms with E-state index in [4.69, 9.17) is 10.00 Å². The highest BCUT2D eigenvalue weighted by Crippen LogP contribution is 2.34. The predicted octanol–water partition coefficient (Wildman–Crippen LogP) is 6.74. The molecule has 5 nitrogen and oxygen atoms in total. The lowest BCUT2D eigenvalue weighted by Gasteiger charge is -2.33. The van der Waals surface area contributed by atoms with Gasteiger partial charge in [0.2, 0.25) is 5.91 Å². The van der Waals surface area contributed by atoms with E-state index >= 15 is 0 Å². The Labute approximate surface area is 218 Å². The standard InChI is InChI=1S/C20H25N2O3P.C8H7F3/c1-6-25-20(26-5)18(14(2)3)19(22(11-12-23)15(4)24)17-9-7-16(13-21)8-10-17;1-6-3-2-4-7(5-6)8(9,10)11/h7-10,12,19H,6,11H2,1-5H3;2-5H,1H3. The van der Waals surface area contributed by atoms with Crippen molar-refractivity contribution < 1.29 is 27.5 Å². The largest absolute Gasteiger partial charge is 0.416 e. The monoisotopic (exact) mass is 532 g/mol. The van der Waals surface area contributed by atoms with Crippen LogP contribution in [0, 0.1) is 18.3 Å². The zero-order valence-electron chi connectivity index (χ0n) is 21.9. The highest BCUT2D eigenvalue weighted by Gasteiger charge is 2.30. The Kier molecular flexibility index (Phi) is 13.0. The number of hydrogen-bond acceptors (Lipinski definition) is 4. The summed E-state index contributed by atoms with van der Waals surface area (Å²) in [5, 5.41) is 9.05. The number of ether oxygens (including phenoxy) is 1. The molecule has 0 aliphatic heterocycles. The van der Waals surface area contributed by atoms with E-state index in [1.54, 1.807) is 25.1 Å². The molecule has 0 aliphatic rings. The molecule has 9 heteroatoms. The lowest BCUT2D eigenvalue weighted by molar-refractivity contribution is -0.137. The summed E-state index contributed by atoms with van der Waals surface area (Å²) in [6.45, 7) is 11.4. The fraction of sp³-hybridized carbons (Fsp3) is 0.357. The molecule has 37 heavy (non-hydrogen) atoms. The number of allylic oxidation sites excluding steroid dienone is 1. The molecule has 2 rings (SSSR count). The van der Waals surface area contributed by atoms with Crippen LogP contribution >= 0.6 is 8.20 Å². The van der Waals surface area contributed by atoms with Crippen molar-refractivity contribution in [2.45, 2.75) is 46.8 Å². The van der Waals surface area contributed by atoms with Crippen LogP contribution in [0.5, 0.6) is 0 Å².